The number of methoxy groups -OCH3 is 2. The number of piperazine rings is 1. The highest BCUT2D eigenvalue weighted by molar-refractivity contribution is 5.66. The van der Waals surface area contributed by atoms with E-state index in [1.807, 2.05) is 13.8 Å². The van der Waals surface area contributed by atoms with Crippen LogP contribution in [0.3, 0.4) is 0 Å². The molecule has 1 saturated heterocycles. The predicted molar refractivity (Wildman–Crippen MR) is 138 cm³/mol. The van der Waals surface area contributed by atoms with Crippen LogP contribution in [-0.4, -0.2) is 74.4 Å². The van der Waals surface area contributed by atoms with Gasteiger partial charge in [0.05, 0.1) is 25.3 Å². The molecule has 0 spiro atoms. The molecule has 0 aromatic heterocycles. The average molecular weight is 523 g/mol. The second-order valence-corrected chi connectivity index (χ2v) is 10.5. The fraction of sp³-hybridized carbons (Fsp3) is 0.536. The van der Waals surface area contributed by atoms with Gasteiger partial charge in [0.15, 0.2) is 29.8 Å². The second kappa shape index (κ2) is 9.20. The van der Waals surface area contributed by atoms with Gasteiger partial charge in [-0.3, -0.25) is 9.80 Å². The van der Waals surface area contributed by atoms with E-state index in [1.54, 1.807) is 14.2 Å². The van der Waals surface area contributed by atoms with Crippen LogP contribution in [0.15, 0.2) is 6.07 Å². The summed E-state index contributed by atoms with van der Waals surface area (Å²) in [6.45, 7) is 4.29. The number of nitrogens with zero attached hydrogens (tertiary/aromatic N) is 3. The first kappa shape index (κ1) is 25.1. The molecule has 3 N–H and O–H groups in total. The van der Waals surface area contributed by atoms with Crippen LogP contribution in [0.4, 0.5) is 0 Å². The van der Waals surface area contributed by atoms with Crippen molar-refractivity contribution >= 4 is 0 Å². The van der Waals surface area contributed by atoms with E-state index in [0.29, 0.717) is 41.4 Å². The summed E-state index contributed by atoms with van der Waals surface area (Å²) in [5.41, 5.74) is 11.9. The van der Waals surface area contributed by atoms with Crippen LogP contribution >= 0.6 is 0 Å². The van der Waals surface area contributed by atoms with E-state index in [1.165, 1.54) is 0 Å². The Labute approximate surface area is 222 Å². The van der Waals surface area contributed by atoms with E-state index < -0.39 is 6.04 Å². The van der Waals surface area contributed by atoms with Crippen molar-refractivity contribution in [2.75, 3.05) is 41.4 Å². The summed E-state index contributed by atoms with van der Waals surface area (Å²) < 4.78 is 28.9. The van der Waals surface area contributed by atoms with Crippen LogP contribution in [0.25, 0.3) is 0 Å². The Hall–Kier alpha value is -3.23. The molecule has 0 saturated carbocycles. The minimum absolute atomic E-state index is 0.0586. The van der Waals surface area contributed by atoms with Gasteiger partial charge in [0, 0.05) is 48.0 Å². The van der Waals surface area contributed by atoms with Gasteiger partial charge in [0.25, 0.3) is 0 Å². The molecule has 38 heavy (non-hydrogen) atoms. The number of phenolic OH excluding ortho intramolecular Hbond substituents is 1. The molecule has 1 fully saturated rings. The topological polar surface area (TPSA) is 123 Å². The second-order valence-electron chi connectivity index (χ2n) is 10.5. The van der Waals surface area contributed by atoms with Crippen molar-refractivity contribution in [3.05, 3.63) is 39.4 Å². The maximum Gasteiger partial charge on any atom is 0.231 e. The van der Waals surface area contributed by atoms with E-state index in [-0.39, 0.29) is 50.0 Å². The lowest BCUT2D eigenvalue weighted by Gasteiger charge is -2.60. The SMILES string of the molecule is COCOc1c(OC)c(C)cc2c1[C@H]1[C@@H]3Cc4c(O)c(C)c5c(c4[C@H](CN)N3[C@@H](C#N)[C@H](C2)N1C)OCO5. The first-order valence-electron chi connectivity index (χ1n) is 12.9. The Morgan fingerprint density at radius 3 is 2.58 bits per heavy atom. The number of nitriles is 1. The van der Waals surface area contributed by atoms with Crippen LogP contribution in [0, 0.1) is 25.2 Å². The molecular formula is C28H34N4O6. The van der Waals surface area contributed by atoms with Crippen molar-refractivity contribution in [3.63, 3.8) is 0 Å². The van der Waals surface area contributed by atoms with E-state index in [4.69, 9.17) is 29.4 Å². The maximum absolute atomic E-state index is 11.4. The van der Waals surface area contributed by atoms with Gasteiger partial charge < -0.3 is 34.5 Å². The highest BCUT2D eigenvalue weighted by Crippen LogP contribution is 2.58. The van der Waals surface area contributed by atoms with Crippen LogP contribution in [-0.2, 0) is 17.6 Å². The fourth-order valence-electron chi connectivity index (χ4n) is 7.31. The Morgan fingerprint density at radius 1 is 1.13 bits per heavy atom. The first-order chi connectivity index (χ1) is 18.4. The summed E-state index contributed by atoms with van der Waals surface area (Å²) >= 11 is 0. The largest absolute Gasteiger partial charge is 0.507 e. The monoisotopic (exact) mass is 522 g/mol. The number of benzene rings is 2. The lowest BCUT2D eigenvalue weighted by atomic mass is 9.71. The Kier molecular flexibility index (Phi) is 6.07. The van der Waals surface area contributed by atoms with Crippen molar-refractivity contribution in [1.82, 2.24) is 9.80 Å². The molecule has 2 bridgehead atoms. The molecule has 0 aliphatic carbocycles. The number of phenols is 1. The zero-order chi connectivity index (χ0) is 26.9. The molecule has 4 aliphatic heterocycles. The molecule has 202 valence electrons. The van der Waals surface area contributed by atoms with Gasteiger partial charge in [0.1, 0.15) is 11.8 Å². The minimum Gasteiger partial charge on any atom is -0.507 e. The Bertz CT molecular complexity index is 1340. The van der Waals surface area contributed by atoms with Gasteiger partial charge in [-0.1, -0.05) is 6.07 Å². The minimum atomic E-state index is -0.414. The first-order valence-corrected chi connectivity index (χ1v) is 12.9. The quantitative estimate of drug-likeness (QED) is 0.566. The molecule has 5 atom stereocenters. The van der Waals surface area contributed by atoms with Crippen molar-refractivity contribution < 1.29 is 28.8 Å². The molecule has 0 amide bonds. The molecule has 4 heterocycles. The Morgan fingerprint density at radius 2 is 1.89 bits per heavy atom. The lowest BCUT2D eigenvalue weighted by Crippen LogP contribution is -2.68. The number of hydrogen-bond acceptors (Lipinski definition) is 10. The molecule has 4 aliphatic rings. The van der Waals surface area contributed by atoms with Crippen LogP contribution < -0.4 is 24.7 Å². The van der Waals surface area contributed by atoms with E-state index >= 15 is 0 Å². The van der Waals surface area contributed by atoms with E-state index in [2.05, 4.69) is 29.0 Å². The number of fused-ring (bicyclic) bond motifs is 9. The maximum atomic E-state index is 11.4. The molecule has 2 aromatic rings. The molecule has 10 nitrogen and oxygen atoms in total. The summed E-state index contributed by atoms with van der Waals surface area (Å²) in [5.74, 6) is 2.73. The number of aryl methyl sites for hydroxylation is 1. The number of likely N-dealkylation sites (N-methyl/N-ethyl adjacent to an activating group) is 1. The highest BCUT2D eigenvalue weighted by Gasteiger charge is 2.56. The van der Waals surface area contributed by atoms with Crippen LogP contribution in [0.2, 0.25) is 0 Å². The smallest absolute Gasteiger partial charge is 0.231 e. The third kappa shape index (κ3) is 3.26. The van der Waals surface area contributed by atoms with Gasteiger partial charge in [-0.15, -0.1) is 0 Å². The summed E-state index contributed by atoms with van der Waals surface area (Å²) in [6, 6.07) is 3.67. The van der Waals surface area contributed by atoms with Gasteiger partial charge in [-0.25, -0.2) is 0 Å². The molecule has 0 radical (unpaired) electrons. The van der Waals surface area contributed by atoms with Crippen LogP contribution in [0.5, 0.6) is 28.7 Å². The number of rotatable bonds is 5. The number of ether oxygens (including phenoxy) is 5. The summed E-state index contributed by atoms with van der Waals surface area (Å²) in [5, 5.41) is 21.9. The summed E-state index contributed by atoms with van der Waals surface area (Å²) in [7, 11) is 5.31. The summed E-state index contributed by atoms with van der Waals surface area (Å²) in [6.07, 6.45) is 1.19. The molecule has 6 rings (SSSR count). The molecule has 10 heteroatoms. The van der Waals surface area contributed by atoms with Crippen LogP contribution in [0.1, 0.15) is 45.5 Å². The third-order valence-corrected chi connectivity index (χ3v) is 8.82. The van der Waals surface area contributed by atoms with Gasteiger partial charge in [0.2, 0.25) is 6.79 Å². The van der Waals surface area contributed by atoms with Gasteiger partial charge >= 0.3 is 0 Å². The van der Waals surface area contributed by atoms with Crippen molar-refractivity contribution in [2.24, 2.45) is 5.73 Å². The number of hydrogen-bond donors (Lipinski definition) is 2. The highest BCUT2D eigenvalue weighted by atomic mass is 16.7. The van der Waals surface area contributed by atoms with Gasteiger partial charge in [-0.05, 0) is 44.9 Å². The zero-order valence-electron chi connectivity index (χ0n) is 22.4. The lowest BCUT2D eigenvalue weighted by molar-refractivity contribution is -0.0719. The third-order valence-electron chi connectivity index (χ3n) is 8.82. The average Bonchev–Trinajstić information content (AvgIpc) is 3.40. The zero-order valence-corrected chi connectivity index (χ0v) is 22.4. The predicted octanol–water partition coefficient (Wildman–Crippen LogP) is 2.46. The Balaban J connectivity index is 1.60. The fourth-order valence-corrected chi connectivity index (χ4v) is 7.31. The molecule has 2 aromatic carbocycles. The van der Waals surface area contributed by atoms with Crippen molar-refractivity contribution in [2.45, 2.75) is 56.9 Å². The van der Waals surface area contributed by atoms with E-state index in [0.717, 1.165) is 27.8 Å². The molecular weight excluding hydrogens is 488 g/mol. The summed E-state index contributed by atoms with van der Waals surface area (Å²) in [4.78, 5) is 4.55. The van der Waals surface area contributed by atoms with Crippen molar-refractivity contribution in [3.8, 4) is 34.8 Å². The standard InChI is InChI=1S/C28H34N4O6/c1-13-6-15-7-17-19(9-29)32-18(23(31(17)3)21(15)27(25(13)35-5)36-11-34-4)8-16-22(20(32)10-30)28-26(37-12-38-28)14(2)24(16)33/h6,17-20,23,33H,7-8,10-12,30H2,1-5H3/t17-,18-,19-,20-,23+/m0/s1. The van der Waals surface area contributed by atoms with E-state index in [9.17, 15) is 10.4 Å². The van der Waals surface area contributed by atoms with Gasteiger partial charge in [-0.2, -0.15) is 5.26 Å². The molecule has 0 unspecified atom stereocenters. The van der Waals surface area contributed by atoms with Crippen molar-refractivity contribution in [1.29, 1.82) is 5.26 Å². The normalized spacial score (nSPS) is 27.2. The number of aromatic hydroxyl groups is 1. The number of nitrogens with two attached hydrogens (primary N) is 1.